The molecule has 0 amide bonds. The Hall–Kier alpha value is -2.91. The molecule has 0 aliphatic rings. The zero-order chi connectivity index (χ0) is 32.4. The van der Waals surface area contributed by atoms with Crippen LogP contribution in [0, 0.1) is 17.8 Å². The number of Topliss-reactive ketones (excluding diaryl/α,β-unsaturated/α-hetero) is 3. The maximum Gasteiger partial charge on any atom is 3.00 e. The molecule has 0 heterocycles. The molecule has 0 radical (unpaired) electrons. The van der Waals surface area contributed by atoms with Crippen molar-refractivity contribution in [1.82, 2.24) is 0 Å². The van der Waals surface area contributed by atoms with E-state index < -0.39 is 49.1 Å². The molecule has 0 atom stereocenters. The molecule has 0 aromatic carbocycles. The van der Waals surface area contributed by atoms with Crippen LogP contribution in [-0.2, 0) is 43.1 Å². The molecule has 0 aliphatic carbocycles. The number of ether oxygens (including phenoxy) is 1. The SMILES string of the molecule is CC(=O)OC(C)=O.CCC(CC)C(=O)CC(=O)[O-].CCC(CC)C(=O)CC(=O)[O-].CCC(CC)C(=O)CC(=O)[O-].[Al+3]. The molecule has 41 heavy (non-hydrogen) atoms. The number of carbonyl (C=O) groups excluding carboxylic acids is 8. The molecule has 0 rings (SSSR count). The Morgan fingerprint density at radius 1 is 0.463 bits per heavy atom. The van der Waals surface area contributed by atoms with E-state index in [0.29, 0.717) is 38.5 Å². The number of aliphatic carboxylic acids is 3. The van der Waals surface area contributed by atoms with Crippen molar-refractivity contribution in [3.05, 3.63) is 0 Å². The van der Waals surface area contributed by atoms with E-state index in [1.54, 1.807) is 0 Å². The Kier molecular flexibility index (Phi) is 35.1. The third-order valence-corrected chi connectivity index (χ3v) is 5.57. The van der Waals surface area contributed by atoms with E-state index in [1.165, 1.54) is 13.8 Å². The Bertz CT molecular complexity index is 713. The molecule has 0 aromatic rings. The summed E-state index contributed by atoms with van der Waals surface area (Å²) in [4.78, 5) is 82.6. The second kappa shape index (κ2) is 30.1. The largest absolute Gasteiger partial charge is 3.00 e. The van der Waals surface area contributed by atoms with E-state index in [4.69, 9.17) is 0 Å². The maximum absolute atomic E-state index is 11.0. The molecule has 0 unspecified atom stereocenters. The van der Waals surface area contributed by atoms with Gasteiger partial charge >= 0.3 is 29.3 Å². The minimum absolute atomic E-state index is 0. The van der Waals surface area contributed by atoms with Gasteiger partial charge in [0.1, 0.15) is 17.3 Å². The second-order valence-corrected chi connectivity index (χ2v) is 8.67. The van der Waals surface area contributed by atoms with Crippen molar-refractivity contribution >= 4 is 64.6 Å². The predicted molar refractivity (Wildman–Crippen MR) is 144 cm³/mol. The van der Waals surface area contributed by atoms with Crippen LogP contribution in [0.1, 0.15) is 113 Å². The third kappa shape index (κ3) is 33.2. The predicted octanol–water partition coefficient (Wildman–Crippen LogP) is 0.110. The molecule has 12 nitrogen and oxygen atoms in total. The first-order valence-electron chi connectivity index (χ1n) is 13.3. The zero-order valence-electron chi connectivity index (χ0n) is 25.6. The van der Waals surface area contributed by atoms with Gasteiger partial charge in [-0.2, -0.15) is 0 Å². The summed E-state index contributed by atoms with van der Waals surface area (Å²) < 4.78 is 3.97. The molecule has 232 valence electrons. The van der Waals surface area contributed by atoms with Crippen molar-refractivity contribution < 1.29 is 58.4 Å². The number of ketones is 3. The van der Waals surface area contributed by atoms with E-state index in [1.807, 2.05) is 41.5 Å². The number of carbonyl (C=O) groups is 8. The van der Waals surface area contributed by atoms with Crippen molar-refractivity contribution in [2.45, 2.75) is 113 Å². The third-order valence-electron chi connectivity index (χ3n) is 5.57. The summed E-state index contributed by atoms with van der Waals surface area (Å²) in [6, 6.07) is 0. The fourth-order valence-corrected chi connectivity index (χ4v) is 3.29. The number of esters is 2. The number of carboxylic acids is 3. The summed E-state index contributed by atoms with van der Waals surface area (Å²) in [6.07, 6.45) is 2.95. The van der Waals surface area contributed by atoms with Gasteiger partial charge in [0, 0.05) is 68.8 Å². The van der Waals surface area contributed by atoms with Crippen LogP contribution >= 0.6 is 0 Å². The summed E-state index contributed by atoms with van der Waals surface area (Å²) in [5.74, 6) is -5.90. The van der Waals surface area contributed by atoms with E-state index >= 15 is 0 Å². The number of hydrogen-bond donors (Lipinski definition) is 0. The van der Waals surface area contributed by atoms with Gasteiger partial charge in [0.15, 0.2) is 0 Å². The Morgan fingerprint density at radius 3 is 0.707 bits per heavy atom. The maximum atomic E-state index is 11.0. The van der Waals surface area contributed by atoms with Gasteiger partial charge in [-0.3, -0.25) is 24.0 Å². The molecule has 0 aromatic heterocycles. The van der Waals surface area contributed by atoms with Gasteiger partial charge in [-0.1, -0.05) is 41.5 Å². The van der Waals surface area contributed by atoms with E-state index in [2.05, 4.69) is 4.74 Å². The first-order valence-corrected chi connectivity index (χ1v) is 13.3. The average molecular weight is 601 g/mol. The molecule has 0 saturated heterocycles. The van der Waals surface area contributed by atoms with Crippen LogP contribution in [0.5, 0.6) is 0 Å². The van der Waals surface area contributed by atoms with Crippen molar-refractivity contribution in [3.63, 3.8) is 0 Å². The molecular weight excluding hydrogens is 555 g/mol. The van der Waals surface area contributed by atoms with Crippen LogP contribution < -0.4 is 15.3 Å². The van der Waals surface area contributed by atoms with Gasteiger partial charge in [-0.25, -0.2) is 0 Å². The van der Waals surface area contributed by atoms with Crippen LogP contribution in [0.15, 0.2) is 0 Å². The molecule has 0 N–H and O–H groups in total. The van der Waals surface area contributed by atoms with Gasteiger partial charge < -0.3 is 34.4 Å². The topological polar surface area (TPSA) is 215 Å². The van der Waals surface area contributed by atoms with Crippen LogP contribution in [-0.4, -0.2) is 64.6 Å². The average Bonchev–Trinajstić information content (AvgIpc) is 2.80. The molecular formula is C28H45AlO12. The van der Waals surface area contributed by atoms with E-state index in [0.717, 1.165) is 0 Å². The minimum Gasteiger partial charge on any atom is -0.550 e. The first-order chi connectivity index (χ1) is 18.5. The van der Waals surface area contributed by atoms with Crippen molar-refractivity contribution in [1.29, 1.82) is 0 Å². The summed E-state index contributed by atoms with van der Waals surface area (Å²) >= 11 is 0. The summed E-state index contributed by atoms with van der Waals surface area (Å²) in [7, 11) is 0. The summed E-state index contributed by atoms with van der Waals surface area (Å²) in [5.41, 5.74) is 0. The van der Waals surface area contributed by atoms with E-state index in [9.17, 15) is 53.7 Å². The van der Waals surface area contributed by atoms with E-state index in [-0.39, 0.29) is 52.5 Å². The second-order valence-electron chi connectivity index (χ2n) is 8.67. The zero-order valence-corrected chi connectivity index (χ0v) is 26.7. The smallest absolute Gasteiger partial charge is 0.550 e. The van der Waals surface area contributed by atoms with Crippen LogP contribution in [0.25, 0.3) is 0 Å². The Balaban J connectivity index is -0.000000141. The van der Waals surface area contributed by atoms with Gasteiger partial charge in [-0.05, 0) is 38.5 Å². The fourth-order valence-electron chi connectivity index (χ4n) is 3.29. The van der Waals surface area contributed by atoms with Gasteiger partial charge in [0.25, 0.3) is 0 Å². The van der Waals surface area contributed by atoms with Crippen LogP contribution in [0.3, 0.4) is 0 Å². The quantitative estimate of drug-likeness (QED) is 0.139. The van der Waals surface area contributed by atoms with Crippen molar-refractivity contribution in [2.75, 3.05) is 0 Å². The molecule has 0 bridgehead atoms. The molecule has 13 heteroatoms. The van der Waals surface area contributed by atoms with Crippen LogP contribution in [0.2, 0.25) is 0 Å². The van der Waals surface area contributed by atoms with Gasteiger partial charge in [-0.15, -0.1) is 0 Å². The van der Waals surface area contributed by atoms with Crippen LogP contribution in [0.4, 0.5) is 0 Å². The van der Waals surface area contributed by atoms with Crippen molar-refractivity contribution in [3.8, 4) is 0 Å². The molecule has 0 fully saturated rings. The van der Waals surface area contributed by atoms with Gasteiger partial charge in [0.2, 0.25) is 0 Å². The first kappa shape index (κ1) is 47.9. The summed E-state index contributed by atoms with van der Waals surface area (Å²) in [6.45, 7) is 13.6. The molecule has 0 saturated carbocycles. The molecule has 0 aliphatic heterocycles. The summed E-state index contributed by atoms with van der Waals surface area (Å²) in [5, 5.41) is 30.0. The number of carboxylic acid groups (broad SMARTS) is 3. The Morgan fingerprint density at radius 2 is 0.634 bits per heavy atom. The standard InChI is InChI=1S/3C8H14O3.C4H6O3.Al/c3*1-3-6(4-2)7(9)5-8(10)11;1-3(5)7-4(2)6;/h3*6H,3-5H2,1-2H3,(H,10,11);1-2H3;/q;;;;+3/p-3. The number of rotatable bonds is 15. The van der Waals surface area contributed by atoms with Gasteiger partial charge in [0.05, 0.1) is 0 Å². The monoisotopic (exact) mass is 600 g/mol. The number of hydrogen-bond acceptors (Lipinski definition) is 12. The normalized spacial score (nSPS) is 9.44. The van der Waals surface area contributed by atoms with Crippen molar-refractivity contribution in [2.24, 2.45) is 17.8 Å². The molecule has 0 spiro atoms. The minimum atomic E-state index is -1.28. The fraction of sp³-hybridized carbons (Fsp3) is 0.714. The Labute approximate surface area is 253 Å².